The summed E-state index contributed by atoms with van der Waals surface area (Å²) in [4.78, 5) is 4.34. The van der Waals surface area contributed by atoms with E-state index in [1.54, 1.807) is 0 Å². The van der Waals surface area contributed by atoms with Gasteiger partial charge < -0.3 is 9.84 Å². The van der Waals surface area contributed by atoms with Crippen molar-refractivity contribution in [3.05, 3.63) is 35.5 Å². The Morgan fingerprint density at radius 1 is 1.39 bits per heavy atom. The third-order valence-corrected chi connectivity index (χ3v) is 3.10. The molecule has 1 fully saturated rings. The van der Waals surface area contributed by atoms with Crippen molar-refractivity contribution in [3.63, 3.8) is 0 Å². The lowest BCUT2D eigenvalue weighted by Crippen LogP contribution is -2.12. The van der Waals surface area contributed by atoms with Crippen molar-refractivity contribution in [1.29, 1.82) is 0 Å². The molecular weight excluding hydrogens is 233 g/mol. The number of hydrogen-bond donors (Lipinski definition) is 1. The summed E-state index contributed by atoms with van der Waals surface area (Å²) >= 11 is 0. The molecule has 0 amide bonds. The summed E-state index contributed by atoms with van der Waals surface area (Å²) in [6.07, 6.45) is 2.12. The van der Waals surface area contributed by atoms with Crippen LogP contribution in [0.3, 0.4) is 0 Å². The van der Waals surface area contributed by atoms with Gasteiger partial charge in [-0.3, -0.25) is 0 Å². The van der Waals surface area contributed by atoms with Crippen LogP contribution in [0.25, 0.3) is 11.4 Å². The molecule has 0 unspecified atom stereocenters. The molecular formula is C13H14FN3O. The minimum atomic E-state index is -0.282. The molecule has 1 atom stereocenters. The van der Waals surface area contributed by atoms with Crippen LogP contribution in [0.4, 0.5) is 4.39 Å². The first kappa shape index (κ1) is 11.3. The fourth-order valence-corrected chi connectivity index (χ4v) is 2.25. The summed E-state index contributed by atoms with van der Waals surface area (Å²) in [6.45, 7) is 2.81. The lowest BCUT2D eigenvalue weighted by molar-refractivity contribution is 0.345. The second-order valence-electron chi connectivity index (χ2n) is 4.62. The standard InChI is InChI=1S/C13H14FN3O/c1-8-5-9(7-10(14)6-8)12-16-13(18-17-12)11-3-2-4-15-11/h5-7,11,15H,2-4H2,1H3/t11-/m1/s1. The molecule has 0 aliphatic carbocycles. The zero-order chi connectivity index (χ0) is 12.5. The first-order valence-electron chi connectivity index (χ1n) is 6.07. The van der Waals surface area contributed by atoms with Gasteiger partial charge in [0.25, 0.3) is 0 Å². The SMILES string of the molecule is Cc1cc(F)cc(-c2noc([C@H]3CCCN3)n2)c1. The molecule has 1 aliphatic rings. The Balaban J connectivity index is 1.92. The van der Waals surface area contributed by atoms with E-state index < -0.39 is 0 Å². The quantitative estimate of drug-likeness (QED) is 0.886. The summed E-state index contributed by atoms with van der Waals surface area (Å²) in [6, 6.07) is 4.88. The molecule has 1 aromatic heterocycles. The molecule has 4 nitrogen and oxygen atoms in total. The molecule has 0 radical (unpaired) electrons. The van der Waals surface area contributed by atoms with Crippen LogP contribution in [0.2, 0.25) is 0 Å². The monoisotopic (exact) mass is 247 g/mol. The van der Waals surface area contributed by atoms with E-state index in [9.17, 15) is 4.39 Å². The first-order chi connectivity index (χ1) is 8.72. The van der Waals surface area contributed by atoms with Crippen LogP contribution in [0.5, 0.6) is 0 Å². The van der Waals surface area contributed by atoms with Gasteiger partial charge in [-0.05, 0) is 50.1 Å². The van der Waals surface area contributed by atoms with Gasteiger partial charge in [-0.1, -0.05) is 5.16 Å². The fraction of sp³-hybridized carbons (Fsp3) is 0.385. The maximum absolute atomic E-state index is 13.3. The molecule has 94 valence electrons. The molecule has 1 saturated heterocycles. The molecule has 18 heavy (non-hydrogen) atoms. The van der Waals surface area contributed by atoms with Gasteiger partial charge in [0.15, 0.2) is 0 Å². The van der Waals surface area contributed by atoms with Crippen molar-refractivity contribution in [3.8, 4) is 11.4 Å². The van der Waals surface area contributed by atoms with Gasteiger partial charge in [0.05, 0.1) is 6.04 Å². The number of hydrogen-bond acceptors (Lipinski definition) is 4. The fourth-order valence-electron chi connectivity index (χ4n) is 2.25. The molecule has 5 heteroatoms. The Morgan fingerprint density at radius 2 is 2.28 bits per heavy atom. The van der Waals surface area contributed by atoms with Crippen molar-refractivity contribution < 1.29 is 8.91 Å². The van der Waals surface area contributed by atoms with Crippen LogP contribution >= 0.6 is 0 Å². The number of rotatable bonds is 2. The van der Waals surface area contributed by atoms with Gasteiger partial charge in [0, 0.05) is 5.56 Å². The van der Waals surface area contributed by atoms with Crippen molar-refractivity contribution in [2.45, 2.75) is 25.8 Å². The van der Waals surface area contributed by atoms with Crippen molar-refractivity contribution >= 4 is 0 Å². The summed E-state index contributed by atoms with van der Waals surface area (Å²) in [5.74, 6) is 0.751. The predicted octanol–water partition coefficient (Wildman–Crippen LogP) is 2.61. The van der Waals surface area contributed by atoms with Crippen molar-refractivity contribution in [2.24, 2.45) is 0 Å². The number of aryl methyl sites for hydroxylation is 1. The van der Waals surface area contributed by atoms with E-state index in [-0.39, 0.29) is 11.9 Å². The Bertz CT molecular complexity index is 541. The van der Waals surface area contributed by atoms with Crippen LogP contribution in [0, 0.1) is 12.7 Å². The summed E-state index contributed by atoms with van der Waals surface area (Å²) in [5.41, 5.74) is 1.50. The highest BCUT2D eigenvalue weighted by molar-refractivity contribution is 5.55. The highest BCUT2D eigenvalue weighted by atomic mass is 19.1. The van der Waals surface area contributed by atoms with Crippen LogP contribution in [0.1, 0.15) is 30.3 Å². The Labute approximate surface area is 104 Å². The molecule has 2 aromatic rings. The predicted molar refractivity (Wildman–Crippen MR) is 64.4 cm³/mol. The average molecular weight is 247 g/mol. The highest BCUT2D eigenvalue weighted by Crippen LogP contribution is 2.25. The molecule has 0 saturated carbocycles. The van der Waals surface area contributed by atoms with E-state index in [1.165, 1.54) is 12.1 Å². The molecule has 1 aliphatic heterocycles. The largest absolute Gasteiger partial charge is 0.337 e. The molecule has 0 bridgehead atoms. The Hall–Kier alpha value is -1.75. The van der Waals surface area contributed by atoms with E-state index in [1.807, 2.05) is 13.0 Å². The second-order valence-corrected chi connectivity index (χ2v) is 4.62. The van der Waals surface area contributed by atoms with Crippen LogP contribution in [0.15, 0.2) is 22.7 Å². The van der Waals surface area contributed by atoms with E-state index in [4.69, 9.17) is 4.52 Å². The van der Waals surface area contributed by atoms with Crippen molar-refractivity contribution in [2.75, 3.05) is 6.54 Å². The second kappa shape index (κ2) is 4.49. The van der Waals surface area contributed by atoms with Gasteiger partial charge in [-0.2, -0.15) is 4.98 Å². The number of aromatic nitrogens is 2. The Kier molecular flexibility index (Phi) is 2.83. The highest BCUT2D eigenvalue weighted by Gasteiger charge is 2.22. The Morgan fingerprint density at radius 3 is 3.00 bits per heavy atom. The number of halogens is 1. The van der Waals surface area contributed by atoms with Gasteiger partial charge in [0.1, 0.15) is 5.82 Å². The topological polar surface area (TPSA) is 51.0 Å². The smallest absolute Gasteiger partial charge is 0.244 e. The van der Waals surface area contributed by atoms with Crippen LogP contribution < -0.4 is 5.32 Å². The maximum atomic E-state index is 13.3. The van der Waals surface area contributed by atoms with E-state index in [0.717, 1.165) is 24.9 Å². The number of benzene rings is 1. The number of nitrogens with zero attached hydrogens (tertiary/aromatic N) is 2. The minimum Gasteiger partial charge on any atom is -0.337 e. The lowest BCUT2D eigenvalue weighted by Gasteiger charge is -2.01. The van der Waals surface area contributed by atoms with Crippen LogP contribution in [-0.4, -0.2) is 16.7 Å². The molecule has 1 N–H and O–H groups in total. The normalized spacial score (nSPS) is 19.3. The molecule has 0 spiro atoms. The third kappa shape index (κ3) is 2.13. The number of nitrogens with one attached hydrogen (secondary N) is 1. The maximum Gasteiger partial charge on any atom is 0.244 e. The van der Waals surface area contributed by atoms with E-state index in [2.05, 4.69) is 15.5 Å². The summed E-state index contributed by atoms with van der Waals surface area (Å²) < 4.78 is 18.6. The van der Waals surface area contributed by atoms with Crippen LogP contribution in [-0.2, 0) is 0 Å². The van der Waals surface area contributed by atoms with E-state index in [0.29, 0.717) is 17.3 Å². The lowest BCUT2D eigenvalue weighted by atomic mass is 10.1. The average Bonchev–Trinajstić information content (AvgIpc) is 2.99. The minimum absolute atomic E-state index is 0.140. The van der Waals surface area contributed by atoms with E-state index >= 15 is 0 Å². The summed E-state index contributed by atoms with van der Waals surface area (Å²) in [7, 11) is 0. The van der Waals surface area contributed by atoms with Gasteiger partial charge in [-0.15, -0.1) is 0 Å². The van der Waals surface area contributed by atoms with Gasteiger partial charge >= 0.3 is 0 Å². The van der Waals surface area contributed by atoms with Crippen molar-refractivity contribution in [1.82, 2.24) is 15.5 Å². The zero-order valence-electron chi connectivity index (χ0n) is 10.1. The van der Waals surface area contributed by atoms with Gasteiger partial charge in [-0.25, -0.2) is 4.39 Å². The molecule has 3 rings (SSSR count). The molecule has 2 heterocycles. The van der Waals surface area contributed by atoms with Gasteiger partial charge in [0.2, 0.25) is 11.7 Å². The first-order valence-corrected chi connectivity index (χ1v) is 6.07. The summed E-state index contributed by atoms with van der Waals surface area (Å²) in [5, 5.41) is 7.21. The third-order valence-electron chi connectivity index (χ3n) is 3.10. The zero-order valence-corrected chi connectivity index (χ0v) is 10.1. The molecule has 1 aromatic carbocycles.